The van der Waals surface area contributed by atoms with E-state index in [2.05, 4.69) is 14.7 Å². The monoisotopic (exact) mass is 429 g/mol. The number of carbonyl (C=O) groups excluding carboxylic acids is 1. The van der Waals surface area contributed by atoms with Gasteiger partial charge < -0.3 is 14.4 Å². The molecule has 2 N–H and O–H groups in total. The van der Waals surface area contributed by atoms with E-state index in [0.29, 0.717) is 11.0 Å². The van der Waals surface area contributed by atoms with Gasteiger partial charge in [0, 0.05) is 35.7 Å². The van der Waals surface area contributed by atoms with Gasteiger partial charge in [-0.25, -0.2) is 13.8 Å². The summed E-state index contributed by atoms with van der Waals surface area (Å²) in [5.41, 5.74) is 0.996. The van der Waals surface area contributed by atoms with Gasteiger partial charge in [-0.2, -0.15) is 0 Å². The zero-order valence-corrected chi connectivity index (χ0v) is 17.4. The van der Waals surface area contributed by atoms with Crippen LogP contribution in [0.5, 0.6) is 0 Å². The number of ketones is 1. The number of halogens is 2. The molecule has 2 heterocycles. The van der Waals surface area contributed by atoms with Crippen LogP contribution in [0.15, 0.2) is 42.7 Å². The van der Waals surface area contributed by atoms with Crippen LogP contribution in [0.1, 0.15) is 34.3 Å². The summed E-state index contributed by atoms with van der Waals surface area (Å²) in [7, 11) is 1.66. The van der Waals surface area contributed by atoms with Gasteiger partial charge in [-0.05, 0) is 55.5 Å². The van der Waals surface area contributed by atoms with Gasteiger partial charge in [-0.15, -0.1) is 0 Å². The molecule has 5 nitrogen and oxygen atoms in total. The van der Waals surface area contributed by atoms with Crippen LogP contribution >= 0.6 is 11.9 Å². The van der Waals surface area contributed by atoms with Crippen molar-refractivity contribution in [1.82, 2.24) is 9.97 Å². The molecular formula is C22H21F2N3O2S. The smallest absolute Gasteiger partial charge is 0.201 e. The number of aryl methyl sites for hydroxylation is 1. The number of ether oxygens (including phenoxy) is 1. The molecule has 0 amide bonds. The van der Waals surface area contributed by atoms with Gasteiger partial charge in [0.1, 0.15) is 11.5 Å². The molecule has 156 valence electrons. The highest BCUT2D eigenvalue weighted by Gasteiger charge is 2.25. The molecule has 1 aromatic carbocycles. The lowest BCUT2D eigenvalue weighted by atomic mass is 10.0. The molecule has 1 aliphatic rings. The number of nitrogens with one attached hydrogen (secondary N) is 2. The first-order chi connectivity index (χ1) is 14.5. The number of nitrogens with zero attached hydrogens (tertiary/aromatic N) is 1. The number of benzene rings is 1. The van der Waals surface area contributed by atoms with Crippen LogP contribution in [-0.4, -0.2) is 34.2 Å². The van der Waals surface area contributed by atoms with Crippen LogP contribution < -0.4 is 4.72 Å². The normalized spacial score (nSPS) is 18.7. The fourth-order valence-corrected chi connectivity index (χ4v) is 4.44. The second-order valence-corrected chi connectivity index (χ2v) is 8.29. The second-order valence-electron chi connectivity index (χ2n) is 7.24. The standard InChI is InChI=1S/C22H21F2N3O2S/c1-12-8-15-16(11-26-22(15)25-10-12)21(28)19-17(23)6-7-18(20(19)24)27-30-14-5-3-4-13(9-14)29-2/h3,5-8,10-11,13-14,27H,4,9H2,1-2H3,(H,25,26). The van der Waals surface area contributed by atoms with E-state index >= 15 is 4.39 Å². The largest absolute Gasteiger partial charge is 0.381 e. The van der Waals surface area contributed by atoms with Crippen molar-refractivity contribution in [2.24, 2.45) is 0 Å². The quantitative estimate of drug-likeness (QED) is 0.321. The van der Waals surface area contributed by atoms with E-state index < -0.39 is 23.0 Å². The van der Waals surface area contributed by atoms with Crippen LogP contribution in [0.2, 0.25) is 0 Å². The van der Waals surface area contributed by atoms with Gasteiger partial charge in [-0.3, -0.25) is 4.79 Å². The Bertz CT molecular complexity index is 1130. The van der Waals surface area contributed by atoms with Crippen molar-refractivity contribution in [3.8, 4) is 0 Å². The number of pyridine rings is 1. The average molecular weight is 429 g/mol. The Labute approximate surface area is 177 Å². The van der Waals surface area contributed by atoms with Crippen LogP contribution in [0.3, 0.4) is 0 Å². The minimum Gasteiger partial charge on any atom is -0.381 e. The number of rotatable bonds is 6. The Morgan fingerprint density at radius 1 is 1.37 bits per heavy atom. The lowest BCUT2D eigenvalue weighted by Gasteiger charge is -2.23. The molecule has 0 fully saturated rings. The van der Waals surface area contributed by atoms with Gasteiger partial charge >= 0.3 is 0 Å². The van der Waals surface area contributed by atoms with Crippen molar-refractivity contribution < 1.29 is 18.3 Å². The maximum absolute atomic E-state index is 15.1. The molecule has 2 unspecified atom stereocenters. The second kappa shape index (κ2) is 8.57. The molecule has 4 rings (SSSR count). The molecule has 0 saturated carbocycles. The number of hydrogen-bond acceptors (Lipinski definition) is 5. The SMILES string of the molecule is COC1CC=CC(SNc2ccc(F)c(C(=O)c3c[nH]c4ncc(C)cc34)c2F)C1. The molecule has 0 spiro atoms. The predicted molar refractivity (Wildman–Crippen MR) is 115 cm³/mol. The Morgan fingerprint density at radius 2 is 2.20 bits per heavy atom. The Kier molecular flexibility index (Phi) is 5.87. The molecule has 30 heavy (non-hydrogen) atoms. The topological polar surface area (TPSA) is 67.0 Å². The average Bonchev–Trinajstić information content (AvgIpc) is 3.16. The highest BCUT2D eigenvalue weighted by atomic mass is 32.2. The number of aromatic nitrogens is 2. The molecule has 0 aliphatic heterocycles. The van der Waals surface area contributed by atoms with Gasteiger partial charge in [0.05, 0.1) is 17.4 Å². The first-order valence-electron chi connectivity index (χ1n) is 9.55. The number of methoxy groups -OCH3 is 1. The van der Waals surface area contributed by atoms with Crippen LogP contribution in [-0.2, 0) is 4.74 Å². The third kappa shape index (κ3) is 3.97. The Morgan fingerprint density at radius 3 is 3.00 bits per heavy atom. The van der Waals surface area contributed by atoms with Crippen molar-refractivity contribution in [3.05, 3.63) is 71.1 Å². The van der Waals surface area contributed by atoms with Crippen LogP contribution in [0, 0.1) is 18.6 Å². The van der Waals surface area contributed by atoms with E-state index in [1.165, 1.54) is 24.2 Å². The third-order valence-corrected chi connectivity index (χ3v) is 6.12. The number of fused-ring (bicyclic) bond motifs is 1. The first kappa shape index (κ1) is 20.6. The molecule has 0 saturated heterocycles. The minimum atomic E-state index is -0.912. The molecule has 0 bridgehead atoms. The summed E-state index contributed by atoms with van der Waals surface area (Å²) < 4.78 is 38.0. The third-order valence-electron chi connectivity index (χ3n) is 5.13. The zero-order valence-electron chi connectivity index (χ0n) is 16.5. The van der Waals surface area contributed by atoms with Crippen molar-refractivity contribution >= 4 is 34.5 Å². The number of aromatic amines is 1. The molecule has 2 aromatic heterocycles. The van der Waals surface area contributed by atoms with Crippen molar-refractivity contribution in [2.45, 2.75) is 31.1 Å². The van der Waals surface area contributed by atoms with Crippen LogP contribution in [0.4, 0.5) is 14.5 Å². The molecule has 1 aliphatic carbocycles. The summed E-state index contributed by atoms with van der Waals surface area (Å²) in [4.78, 5) is 20.1. The molecule has 0 radical (unpaired) electrons. The first-order valence-corrected chi connectivity index (χ1v) is 10.4. The Balaban J connectivity index is 1.61. The summed E-state index contributed by atoms with van der Waals surface area (Å²) in [6.07, 6.45) is 8.89. The summed E-state index contributed by atoms with van der Waals surface area (Å²) in [6, 6.07) is 4.17. The lowest BCUT2D eigenvalue weighted by Crippen LogP contribution is -2.20. The lowest BCUT2D eigenvalue weighted by molar-refractivity contribution is 0.0966. The summed E-state index contributed by atoms with van der Waals surface area (Å²) in [5.74, 6) is -2.54. The highest BCUT2D eigenvalue weighted by Crippen LogP contribution is 2.31. The van der Waals surface area contributed by atoms with E-state index in [0.717, 1.165) is 24.5 Å². The fourth-order valence-electron chi connectivity index (χ4n) is 3.50. The van der Waals surface area contributed by atoms with Gasteiger partial charge in [0.2, 0.25) is 5.78 Å². The molecule has 8 heteroatoms. The number of carbonyl (C=O) groups is 1. The molecule has 3 aromatic rings. The Hall–Kier alpha value is -2.71. The fraction of sp³-hybridized carbons (Fsp3) is 0.273. The van der Waals surface area contributed by atoms with Gasteiger partial charge in [-0.1, -0.05) is 12.2 Å². The van der Waals surface area contributed by atoms with Crippen molar-refractivity contribution in [3.63, 3.8) is 0 Å². The number of anilines is 1. The summed E-state index contributed by atoms with van der Waals surface area (Å²) >= 11 is 1.31. The number of hydrogen-bond donors (Lipinski definition) is 2. The van der Waals surface area contributed by atoms with E-state index in [9.17, 15) is 9.18 Å². The zero-order chi connectivity index (χ0) is 21.3. The maximum Gasteiger partial charge on any atom is 0.201 e. The van der Waals surface area contributed by atoms with E-state index in [1.54, 1.807) is 19.4 Å². The highest BCUT2D eigenvalue weighted by molar-refractivity contribution is 8.01. The minimum absolute atomic E-state index is 0.0619. The number of H-pyrrole nitrogens is 1. The van der Waals surface area contributed by atoms with Gasteiger partial charge in [0.15, 0.2) is 5.82 Å². The van der Waals surface area contributed by atoms with Crippen LogP contribution in [0.25, 0.3) is 11.0 Å². The van der Waals surface area contributed by atoms with Gasteiger partial charge in [0.25, 0.3) is 0 Å². The molecular weight excluding hydrogens is 408 g/mol. The van der Waals surface area contributed by atoms with Crippen molar-refractivity contribution in [1.29, 1.82) is 0 Å². The van der Waals surface area contributed by atoms with E-state index in [-0.39, 0.29) is 22.6 Å². The van der Waals surface area contributed by atoms with Crippen molar-refractivity contribution in [2.75, 3.05) is 11.8 Å². The summed E-state index contributed by atoms with van der Waals surface area (Å²) in [6.45, 7) is 1.84. The maximum atomic E-state index is 15.1. The summed E-state index contributed by atoms with van der Waals surface area (Å²) in [5, 5.41) is 0.611. The van der Waals surface area contributed by atoms with E-state index in [4.69, 9.17) is 4.74 Å². The predicted octanol–water partition coefficient (Wildman–Crippen LogP) is 5.17. The molecule has 2 atom stereocenters. The van der Waals surface area contributed by atoms with E-state index in [1.807, 2.05) is 19.1 Å².